The molecule has 0 aliphatic rings. The maximum Gasteiger partial charge on any atom is 0.319 e. The van der Waals surface area contributed by atoms with Crippen molar-refractivity contribution >= 4 is 11.7 Å². The number of ether oxygens (including phenoxy) is 1. The topological polar surface area (TPSA) is 70.6 Å². The number of aliphatic hydroxyl groups excluding tert-OH is 1. The van der Waals surface area contributed by atoms with E-state index in [1.807, 2.05) is 32.9 Å². The summed E-state index contributed by atoms with van der Waals surface area (Å²) < 4.78 is 5.42. The number of benzene rings is 1. The lowest BCUT2D eigenvalue weighted by Gasteiger charge is -2.15. The highest BCUT2D eigenvalue weighted by Gasteiger charge is 2.10. The van der Waals surface area contributed by atoms with Crippen LogP contribution in [-0.4, -0.2) is 30.4 Å². The van der Waals surface area contributed by atoms with Crippen LogP contribution in [0.25, 0.3) is 0 Å². The fourth-order valence-corrected chi connectivity index (χ4v) is 1.86. The van der Waals surface area contributed by atoms with Crippen LogP contribution in [-0.2, 0) is 0 Å². The number of para-hydroxylation sites is 2. The number of hydrogen-bond donors (Lipinski definition) is 3. The van der Waals surface area contributed by atoms with Crippen molar-refractivity contribution in [2.24, 2.45) is 5.92 Å². The van der Waals surface area contributed by atoms with E-state index in [0.717, 1.165) is 0 Å². The van der Waals surface area contributed by atoms with Gasteiger partial charge >= 0.3 is 6.03 Å². The molecule has 5 nitrogen and oxygen atoms in total. The molecule has 0 radical (unpaired) electrons. The molecular formula is C15H24N2O3. The summed E-state index contributed by atoms with van der Waals surface area (Å²) in [5.41, 5.74) is 0.616. The van der Waals surface area contributed by atoms with Crippen molar-refractivity contribution in [3.05, 3.63) is 24.3 Å². The summed E-state index contributed by atoms with van der Waals surface area (Å²) in [5, 5.41) is 15.1. The lowest BCUT2D eigenvalue weighted by Crippen LogP contribution is -2.35. The van der Waals surface area contributed by atoms with Crippen molar-refractivity contribution in [2.75, 3.05) is 18.5 Å². The van der Waals surface area contributed by atoms with Gasteiger partial charge in [0.05, 0.1) is 18.4 Å². The van der Waals surface area contributed by atoms with Gasteiger partial charge in [0.2, 0.25) is 0 Å². The largest absolute Gasteiger partial charge is 0.492 e. The minimum absolute atomic E-state index is 0.237. The molecule has 0 aromatic heterocycles. The smallest absolute Gasteiger partial charge is 0.319 e. The first-order valence-electron chi connectivity index (χ1n) is 6.97. The number of carbonyl (C=O) groups is 1. The Balaban J connectivity index is 2.46. The average molecular weight is 280 g/mol. The fraction of sp³-hybridized carbons (Fsp3) is 0.533. The van der Waals surface area contributed by atoms with Crippen LogP contribution in [0.5, 0.6) is 5.75 Å². The fourth-order valence-electron chi connectivity index (χ4n) is 1.86. The van der Waals surface area contributed by atoms with E-state index >= 15 is 0 Å². The van der Waals surface area contributed by atoms with Gasteiger partial charge in [-0.15, -0.1) is 0 Å². The molecule has 0 saturated heterocycles. The van der Waals surface area contributed by atoms with Gasteiger partial charge in [-0.05, 0) is 31.4 Å². The molecule has 112 valence electrons. The van der Waals surface area contributed by atoms with E-state index in [1.54, 1.807) is 12.1 Å². The molecule has 0 heterocycles. The summed E-state index contributed by atoms with van der Waals surface area (Å²) in [6, 6.07) is 6.90. The summed E-state index contributed by atoms with van der Waals surface area (Å²) in [5.74, 6) is 1.03. The molecule has 0 saturated carbocycles. The van der Waals surface area contributed by atoms with Crippen molar-refractivity contribution in [1.82, 2.24) is 5.32 Å². The molecule has 2 amide bonds. The SMILES string of the molecule is CCOc1ccccc1NC(=O)NCC(O)CC(C)C. The minimum Gasteiger partial charge on any atom is -0.492 e. The van der Waals surface area contributed by atoms with Crippen LogP contribution in [0, 0.1) is 5.92 Å². The zero-order valence-corrected chi connectivity index (χ0v) is 12.3. The number of hydrogen-bond acceptors (Lipinski definition) is 3. The Labute approximate surface area is 120 Å². The minimum atomic E-state index is -0.525. The third-order valence-electron chi connectivity index (χ3n) is 2.68. The summed E-state index contributed by atoms with van der Waals surface area (Å²) >= 11 is 0. The van der Waals surface area contributed by atoms with Crippen LogP contribution in [0.2, 0.25) is 0 Å². The molecule has 0 aliphatic carbocycles. The number of aliphatic hydroxyl groups is 1. The highest BCUT2D eigenvalue weighted by molar-refractivity contribution is 5.90. The van der Waals surface area contributed by atoms with Gasteiger partial charge in [0.1, 0.15) is 5.75 Å². The molecule has 0 bridgehead atoms. The summed E-state index contributed by atoms with van der Waals surface area (Å²) in [6.45, 7) is 6.72. The Morgan fingerprint density at radius 1 is 1.35 bits per heavy atom. The number of anilines is 1. The standard InChI is InChI=1S/C15H24N2O3/c1-4-20-14-8-6-5-7-13(14)17-15(19)16-10-12(18)9-11(2)3/h5-8,11-12,18H,4,9-10H2,1-3H3,(H2,16,17,19). The van der Waals surface area contributed by atoms with Gasteiger partial charge in [0.25, 0.3) is 0 Å². The van der Waals surface area contributed by atoms with E-state index in [4.69, 9.17) is 4.74 Å². The second-order valence-electron chi connectivity index (χ2n) is 5.05. The van der Waals surface area contributed by atoms with Gasteiger partial charge < -0.3 is 20.5 Å². The molecule has 0 aliphatic heterocycles. The normalized spacial score (nSPS) is 12.1. The first-order chi connectivity index (χ1) is 9.52. The van der Waals surface area contributed by atoms with Crippen molar-refractivity contribution in [1.29, 1.82) is 0 Å². The van der Waals surface area contributed by atoms with E-state index in [2.05, 4.69) is 10.6 Å². The highest BCUT2D eigenvalue weighted by atomic mass is 16.5. The molecule has 20 heavy (non-hydrogen) atoms. The van der Waals surface area contributed by atoms with Crippen LogP contribution < -0.4 is 15.4 Å². The Morgan fingerprint density at radius 3 is 2.70 bits per heavy atom. The lowest BCUT2D eigenvalue weighted by molar-refractivity contribution is 0.148. The molecule has 1 rings (SSSR count). The predicted octanol–water partition coefficient (Wildman–Crippen LogP) is 2.61. The van der Waals surface area contributed by atoms with Crippen molar-refractivity contribution in [2.45, 2.75) is 33.3 Å². The Morgan fingerprint density at radius 2 is 2.05 bits per heavy atom. The van der Waals surface area contributed by atoms with E-state index in [1.165, 1.54) is 0 Å². The second-order valence-corrected chi connectivity index (χ2v) is 5.05. The van der Waals surface area contributed by atoms with Crippen LogP contribution in [0.3, 0.4) is 0 Å². The quantitative estimate of drug-likeness (QED) is 0.719. The van der Waals surface area contributed by atoms with Gasteiger partial charge in [0.15, 0.2) is 0 Å². The highest BCUT2D eigenvalue weighted by Crippen LogP contribution is 2.23. The number of urea groups is 1. The molecule has 1 unspecified atom stereocenters. The van der Waals surface area contributed by atoms with Crippen LogP contribution >= 0.6 is 0 Å². The molecule has 1 aromatic carbocycles. The molecular weight excluding hydrogens is 256 g/mol. The second kappa shape index (κ2) is 8.43. The molecule has 0 fully saturated rings. The van der Waals surface area contributed by atoms with Crippen molar-refractivity contribution < 1.29 is 14.6 Å². The lowest BCUT2D eigenvalue weighted by atomic mass is 10.1. The van der Waals surface area contributed by atoms with Crippen LogP contribution in [0.1, 0.15) is 27.2 Å². The summed E-state index contributed by atoms with van der Waals surface area (Å²) in [7, 11) is 0. The monoisotopic (exact) mass is 280 g/mol. The Hall–Kier alpha value is -1.75. The third-order valence-corrected chi connectivity index (χ3v) is 2.68. The first-order valence-corrected chi connectivity index (χ1v) is 6.97. The van der Waals surface area contributed by atoms with E-state index < -0.39 is 6.10 Å². The van der Waals surface area contributed by atoms with Gasteiger partial charge in [-0.1, -0.05) is 26.0 Å². The average Bonchev–Trinajstić information content (AvgIpc) is 2.38. The van der Waals surface area contributed by atoms with Gasteiger partial charge in [-0.2, -0.15) is 0 Å². The van der Waals surface area contributed by atoms with E-state index in [-0.39, 0.29) is 12.6 Å². The number of amides is 2. The zero-order valence-electron chi connectivity index (χ0n) is 12.3. The number of nitrogens with one attached hydrogen (secondary N) is 2. The van der Waals surface area contributed by atoms with Crippen molar-refractivity contribution in [3.8, 4) is 5.75 Å². The molecule has 1 atom stereocenters. The van der Waals surface area contributed by atoms with Gasteiger partial charge in [-0.25, -0.2) is 4.79 Å². The zero-order chi connectivity index (χ0) is 15.0. The predicted molar refractivity (Wildman–Crippen MR) is 80.1 cm³/mol. The van der Waals surface area contributed by atoms with Crippen molar-refractivity contribution in [3.63, 3.8) is 0 Å². The van der Waals surface area contributed by atoms with Gasteiger partial charge in [0, 0.05) is 6.54 Å². The molecule has 0 spiro atoms. The Kier molecular flexibility index (Phi) is 6.87. The molecule has 1 aromatic rings. The molecule has 3 N–H and O–H groups in total. The van der Waals surface area contributed by atoms with E-state index in [9.17, 15) is 9.90 Å². The number of rotatable bonds is 7. The van der Waals surface area contributed by atoms with E-state index in [0.29, 0.717) is 30.4 Å². The maximum absolute atomic E-state index is 11.8. The number of carbonyl (C=O) groups excluding carboxylic acids is 1. The van der Waals surface area contributed by atoms with Gasteiger partial charge in [-0.3, -0.25) is 0 Å². The maximum atomic E-state index is 11.8. The molecule has 5 heteroatoms. The Bertz CT molecular complexity index is 421. The van der Waals surface area contributed by atoms with Crippen LogP contribution in [0.15, 0.2) is 24.3 Å². The first kappa shape index (κ1) is 16.3. The third kappa shape index (κ3) is 5.93. The summed E-state index contributed by atoms with van der Waals surface area (Å²) in [6.07, 6.45) is 0.137. The van der Waals surface area contributed by atoms with Crippen LogP contribution in [0.4, 0.5) is 10.5 Å². The summed E-state index contributed by atoms with van der Waals surface area (Å²) in [4.78, 5) is 11.8.